The number of terminal acetylenes is 1. The van der Waals surface area contributed by atoms with Gasteiger partial charge in [0.25, 0.3) is 0 Å². The van der Waals surface area contributed by atoms with Crippen LogP contribution in [0, 0.1) is 46.8 Å². The van der Waals surface area contributed by atoms with Crippen molar-refractivity contribution >= 4 is 10.0 Å². The maximum absolute atomic E-state index is 12.4. The van der Waals surface area contributed by atoms with Gasteiger partial charge >= 0.3 is 6.01 Å². The van der Waals surface area contributed by atoms with Crippen LogP contribution < -0.4 is 4.74 Å². The Hall–Kier alpha value is -1.49. The summed E-state index contributed by atoms with van der Waals surface area (Å²) in [6.07, 6.45) is 18.6. The van der Waals surface area contributed by atoms with Crippen LogP contribution in [-0.2, 0) is 18.9 Å². The van der Waals surface area contributed by atoms with E-state index < -0.39 is 33.9 Å². The summed E-state index contributed by atoms with van der Waals surface area (Å²) in [4.78, 5) is 11.0. The fourth-order valence-electron chi connectivity index (χ4n) is 12.9. The molecular weight excluding hydrogens is 703 g/mol. The zero-order valence-corrected chi connectivity index (χ0v) is 35.4. The molecule has 5 heterocycles. The Morgan fingerprint density at radius 1 is 1.09 bits per heavy atom. The van der Waals surface area contributed by atoms with Crippen molar-refractivity contribution in [3.63, 3.8) is 0 Å². The Morgan fingerprint density at radius 2 is 1.80 bits per heavy atom. The summed E-state index contributed by atoms with van der Waals surface area (Å²) in [7, 11) is -1.09. The van der Waals surface area contributed by atoms with Gasteiger partial charge in [0.15, 0.2) is 12.4 Å². The third-order valence-electron chi connectivity index (χ3n) is 15.3. The van der Waals surface area contributed by atoms with E-state index in [0.717, 1.165) is 45.1 Å². The lowest BCUT2D eigenvalue weighted by Crippen LogP contribution is -2.58. The molecule has 1 aromatic rings. The monoisotopic (exact) mass is 774 g/mol. The van der Waals surface area contributed by atoms with Gasteiger partial charge < -0.3 is 33.9 Å². The van der Waals surface area contributed by atoms with Crippen LogP contribution in [-0.4, -0.2) is 129 Å². The Bertz CT molecular complexity index is 1420. The summed E-state index contributed by atoms with van der Waals surface area (Å²) in [6, 6.07) is 2.49. The van der Waals surface area contributed by atoms with Crippen molar-refractivity contribution in [2.45, 2.75) is 148 Å². The number of morpholine rings is 1. The molecule has 1 aromatic heterocycles. The average molecular weight is 774 g/mol. The second kappa shape index (κ2) is 16.0. The molecule has 4 unspecified atom stereocenters. The number of fused-ring (bicyclic) bond motifs is 2. The van der Waals surface area contributed by atoms with Crippen LogP contribution in [0.5, 0.6) is 6.01 Å². The van der Waals surface area contributed by atoms with E-state index in [4.69, 9.17) is 23.7 Å². The van der Waals surface area contributed by atoms with Gasteiger partial charge in [-0.25, -0.2) is 20.0 Å². The Balaban J connectivity index is 0.00000120. The minimum atomic E-state index is -1.19. The Kier molecular flexibility index (Phi) is 12.5. The molecule has 7 aliphatic rings. The van der Waals surface area contributed by atoms with Crippen LogP contribution in [0.15, 0.2) is 18.5 Å². The summed E-state index contributed by atoms with van der Waals surface area (Å²) >= 11 is 0. The smallest absolute Gasteiger partial charge is 0.316 e. The van der Waals surface area contributed by atoms with Gasteiger partial charge in [-0.2, -0.15) is 0 Å². The maximum Gasteiger partial charge on any atom is 0.316 e. The minimum Gasteiger partial charge on any atom is -0.454 e. The maximum atomic E-state index is 12.4. The minimum absolute atomic E-state index is 0.0582. The highest BCUT2D eigenvalue weighted by atomic mass is 32.3. The van der Waals surface area contributed by atoms with Gasteiger partial charge in [-0.15, -0.1) is 12.8 Å². The first-order chi connectivity index (χ1) is 25.8. The van der Waals surface area contributed by atoms with Crippen molar-refractivity contribution in [2.75, 3.05) is 50.7 Å². The molecule has 0 bridgehead atoms. The molecule has 0 amide bonds. The van der Waals surface area contributed by atoms with Gasteiger partial charge in [0, 0.05) is 29.9 Å². The van der Waals surface area contributed by atoms with Crippen LogP contribution in [0.2, 0.25) is 0 Å². The van der Waals surface area contributed by atoms with Gasteiger partial charge in [-0.1, -0.05) is 41.5 Å². The normalized spacial score (nSPS) is 43.3. The second-order valence-electron chi connectivity index (χ2n) is 18.3. The van der Waals surface area contributed by atoms with Gasteiger partial charge in [0.1, 0.15) is 0 Å². The first kappa shape index (κ1) is 42.1. The number of rotatable bonds is 10. The molecule has 0 radical (unpaired) electrons. The average Bonchev–Trinajstić information content (AvgIpc) is 3.55. The first-order valence-corrected chi connectivity index (χ1v) is 23.3. The molecule has 11 heteroatoms. The van der Waals surface area contributed by atoms with Crippen LogP contribution in [0.25, 0.3) is 0 Å². The largest absolute Gasteiger partial charge is 0.454 e. The number of nitrogens with zero attached hydrogens (tertiary/aromatic N) is 3. The quantitative estimate of drug-likeness (QED) is 0.278. The molecule has 2 N–H and O–H groups in total. The molecule has 306 valence electrons. The van der Waals surface area contributed by atoms with Crippen molar-refractivity contribution in [1.29, 1.82) is 0 Å². The van der Waals surface area contributed by atoms with Crippen molar-refractivity contribution in [2.24, 2.45) is 34.0 Å². The van der Waals surface area contributed by atoms with Crippen molar-refractivity contribution < 1.29 is 33.9 Å². The first-order valence-electron chi connectivity index (χ1n) is 20.9. The van der Waals surface area contributed by atoms with Gasteiger partial charge in [-0.3, -0.25) is 4.90 Å². The van der Waals surface area contributed by atoms with E-state index in [1.165, 1.54) is 31.4 Å². The molecule has 4 aliphatic heterocycles. The summed E-state index contributed by atoms with van der Waals surface area (Å²) in [5.41, 5.74) is -0.513. The fraction of sp³-hybridized carbons (Fsp3) is 0.860. The van der Waals surface area contributed by atoms with Gasteiger partial charge in [0.05, 0.1) is 62.4 Å². The van der Waals surface area contributed by atoms with Crippen molar-refractivity contribution in [3.8, 4) is 18.9 Å². The topological polar surface area (TPSA) is 116 Å². The van der Waals surface area contributed by atoms with E-state index in [9.17, 15) is 10.2 Å². The number of aromatic nitrogens is 2. The summed E-state index contributed by atoms with van der Waals surface area (Å²) in [6.45, 7) is 21.3. The van der Waals surface area contributed by atoms with Crippen molar-refractivity contribution in [3.05, 3.63) is 18.5 Å². The molecule has 8 rings (SSSR count). The van der Waals surface area contributed by atoms with Gasteiger partial charge in [0.2, 0.25) is 0 Å². The Labute approximate surface area is 327 Å². The highest BCUT2D eigenvalue weighted by Gasteiger charge is 2.84. The van der Waals surface area contributed by atoms with E-state index >= 15 is 0 Å². The highest BCUT2D eigenvalue weighted by molar-refractivity contribution is 8.34. The summed E-state index contributed by atoms with van der Waals surface area (Å²) in [5.74, 6) is 3.92. The SMILES string of the molecule is C#C.CC.CC[C@@H](O[C@H]1CS2(C)CCC34[C@@H](CC[C@H]5C(C)(C)[C@@H](OC6CN(C7COC7)CCO6)CC[C@@]53[C@H]4C)C2[C@H]1O)[C@H](Oc1ncccn1)C(C)(C)O. The van der Waals surface area contributed by atoms with Crippen molar-refractivity contribution in [1.82, 2.24) is 14.9 Å². The molecule has 7 fully saturated rings. The van der Waals surface area contributed by atoms with E-state index in [1.807, 2.05) is 13.8 Å². The van der Waals surface area contributed by atoms with Crippen LogP contribution in [0.3, 0.4) is 0 Å². The molecule has 3 saturated carbocycles. The van der Waals surface area contributed by atoms with Crippen LogP contribution >= 0.6 is 10.0 Å². The number of hydrogen-bond acceptors (Lipinski definition) is 10. The number of aliphatic hydroxyl groups is 2. The Morgan fingerprint density at radius 3 is 2.43 bits per heavy atom. The molecule has 4 saturated heterocycles. The lowest BCUT2D eigenvalue weighted by atomic mass is 9.51. The van der Waals surface area contributed by atoms with Gasteiger partial charge in [-0.05, 0) is 104 Å². The fourth-order valence-corrected chi connectivity index (χ4v) is 17.4. The number of hydrogen-bond donors (Lipinski definition) is 2. The third-order valence-corrected chi connectivity index (χ3v) is 19.5. The lowest BCUT2D eigenvalue weighted by Gasteiger charge is -2.60. The van der Waals surface area contributed by atoms with E-state index in [0.29, 0.717) is 41.0 Å². The van der Waals surface area contributed by atoms with Crippen LogP contribution in [0.1, 0.15) is 93.9 Å². The van der Waals surface area contributed by atoms with E-state index in [-0.39, 0.29) is 35.2 Å². The molecule has 3 aliphatic carbocycles. The highest BCUT2D eigenvalue weighted by Crippen LogP contribution is 2.90. The van der Waals surface area contributed by atoms with Crippen LogP contribution in [0.4, 0.5) is 0 Å². The second-order valence-corrected chi connectivity index (χ2v) is 22.3. The number of aliphatic hydroxyl groups excluding tert-OH is 1. The predicted molar refractivity (Wildman–Crippen MR) is 215 cm³/mol. The van der Waals surface area contributed by atoms with E-state index in [2.05, 4.69) is 61.7 Å². The van der Waals surface area contributed by atoms with E-state index in [1.54, 1.807) is 32.3 Å². The lowest BCUT2D eigenvalue weighted by molar-refractivity contribution is -0.252. The standard InChI is InChI=1S/C39H63N3O7S.C2H6.C2H2/c1-8-27(34(37(5,6)44)49-35-40-15-9-16-41-35)47-28-23-50(7)19-14-38-24(2)39(38)13-12-30(48-31-20-42(17-18-46-31)25-21-45-22-25)36(3,4)29(39)11-10-26(38)33(50)32(28)43;2*1-2/h9,15-16,24-34,43-44H,8,10-14,17-23H2,1-7H3;1-2H3;1-2H/t24-,26-,27+,28-,29-,30-,31?,32-,33?,34-,38?,39+;;/m0../s1. The number of ether oxygens (including phenoxy) is 5. The summed E-state index contributed by atoms with van der Waals surface area (Å²) in [5, 5.41) is 23.9. The molecular formula is C43H71N3O7S. The zero-order chi connectivity index (χ0) is 39.3. The molecule has 13 atom stereocenters. The predicted octanol–water partition coefficient (Wildman–Crippen LogP) is 5.93. The summed E-state index contributed by atoms with van der Waals surface area (Å²) < 4.78 is 31.7. The molecule has 10 nitrogen and oxygen atoms in total. The molecule has 54 heavy (non-hydrogen) atoms. The molecule has 2 spiro atoms. The zero-order valence-electron chi connectivity index (χ0n) is 34.6. The third kappa shape index (κ3) is 6.84. The molecule has 0 aromatic carbocycles.